The highest BCUT2D eigenvalue weighted by Gasteiger charge is 2.14. The molecule has 1 heterocycles. The Hall–Kier alpha value is -2.00. The minimum absolute atomic E-state index is 0.119. The summed E-state index contributed by atoms with van der Waals surface area (Å²) in [6, 6.07) is 13.3. The normalized spacial score (nSPS) is 14.6. The second-order valence-corrected chi connectivity index (χ2v) is 6.44. The van der Waals surface area contributed by atoms with Crippen molar-refractivity contribution in [3.05, 3.63) is 58.6 Å². The van der Waals surface area contributed by atoms with Crippen molar-refractivity contribution in [3.8, 4) is 0 Å². The van der Waals surface area contributed by atoms with E-state index in [9.17, 15) is 4.79 Å². The number of nitrogens with one attached hydrogen (secondary N) is 1. The van der Waals surface area contributed by atoms with Crippen LogP contribution in [0.3, 0.4) is 0 Å². The van der Waals surface area contributed by atoms with E-state index in [4.69, 9.17) is 11.6 Å². The first-order valence-electron chi connectivity index (χ1n) is 8.06. The van der Waals surface area contributed by atoms with Crippen molar-refractivity contribution in [3.63, 3.8) is 0 Å². The Bertz CT molecular complexity index is 691. The number of anilines is 2. The van der Waals surface area contributed by atoms with Gasteiger partial charge in [-0.05, 0) is 56.5 Å². The molecule has 4 heteroatoms. The summed E-state index contributed by atoms with van der Waals surface area (Å²) in [6.07, 6.45) is 3.71. The number of carbonyl (C=O) groups is 1. The van der Waals surface area contributed by atoms with E-state index in [0.29, 0.717) is 10.6 Å². The highest BCUT2D eigenvalue weighted by Crippen LogP contribution is 2.31. The summed E-state index contributed by atoms with van der Waals surface area (Å²) in [6.45, 7) is 4.10. The molecule has 0 saturated carbocycles. The number of benzene rings is 2. The molecule has 0 unspecified atom stereocenters. The molecule has 3 rings (SSSR count). The van der Waals surface area contributed by atoms with E-state index in [0.717, 1.165) is 30.0 Å². The molecule has 2 aromatic rings. The summed E-state index contributed by atoms with van der Waals surface area (Å²) in [5.41, 5.74) is 3.56. The van der Waals surface area contributed by atoms with Crippen LogP contribution in [0.5, 0.6) is 0 Å². The number of aryl methyl sites for hydroxylation is 1. The van der Waals surface area contributed by atoms with Crippen molar-refractivity contribution in [1.29, 1.82) is 0 Å². The number of nitrogens with zero attached hydrogens (tertiary/aromatic N) is 1. The molecule has 1 amide bonds. The summed E-state index contributed by atoms with van der Waals surface area (Å²) in [5.74, 6) is -0.119. The van der Waals surface area contributed by atoms with E-state index >= 15 is 0 Å². The van der Waals surface area contributed by atoms with E-state index in [-0.39, 0.29) is 5.91 Å². The van der Waals surface area contributed by atoms with Gasteiger partial charge in [0.05, 0.1) is 10.7 Å². The number of amides is 1. The SMILES string of the molecule is Cc1ccc(C(=O)Nc2ccc(N3CCCCC3)c(Cl)c2)cc1. The number of halogens is 1. The number of piperidine rings is 1. The molecular weight excluding hydrogens is 308 g/mol. The fourth-order valence-corrected chi connectivity index (χ4v) is 3.18. The lowest BCUT2D eigenvalue weighted by Gasteiger charge is -2.29. The summed E-state index contributed by atoms with van der Waals surface area (Å²) >= 11 is 6.42. The summed E-state index contributed by atoms with van der Waals surface area (Å²) in [4.78, 5) is 14.6. The van der Waals surface area contributed by atoms with Gasteiger partial charge in [0.2, 0.25) is 0 Å². The van der Waals surface area contributed by atoms with Crippen LogP contribution in [0.1, 0.15) is 35.2 Å². The fraction of sp³-hybridized carbons (Fsp3) is 0.316. The van der Waals surface area contributed by atoms with Gasteiger partial charge >= 0.3 is 0 Å². The lowest BCUT2D eigenvalue weighted by molar-refractivity contribution is 0.102. The lowest BCUT2D eigenvalue weighted by Crippen LogP contribution is -2.29. The van der Waals surface area contributed by atoms with Crippen LogP contribution in [0.4, 0.5) is 11.4 Å². The van der Waals surface area contributed by atoms with Gasteiger partial charge in [0.25, 0.3) is 5.91 Å². The molecule has 23 heavy (non-hydrogen) atoms. The molecule has 0 spiro atoms. The average molecular weight is 329 g/mol. The highest BCUT2D eigenvalue weighted by atomic mass is 35.5. The first-order chi connectivity index (χ1) is 11.1. The zero-order valence-corrected chi connectivity index (χ0v) is 14.1. The van der Waals surface area contributed by atoms with E-state index < -0.39 is 0 Å². The molecule has 0 aromatic heterocycles. The van der Waals surface area contributed by atoms with Crippen LogP contribution in [0.15, 0.2) is 42.5 Å². The molecule has 0 radical (unpaired) electrons. The lowest BCUT2D eigenvalue weighted by atomic mass is 10.1. The Balaban J connectivity index is 1.72. The largest absolute Gasteiger partial charge is 0.370 e. The molecule has 1 fully saturated rings. The monoisotopic (exact) mass is 328 g/mol. The number of hydrogen-bond acceptors (Lipinski definition) is 2. The maximum atomic E-state index is 12.3. The van der Waals surface area contributed by atoms with Gasteiger partial charge in [0, 0.05) is 24.3 Å². The van der Waals surface area contributed by atoms with Gasteiger partial charge in [-0.1, -0.05) is 29.3 Å². The van der Waals surface area contributed by atoms with Gasteiger partial charge in [-0.3, -0.25) is 4.79 Å². The van der Waals surface area contributed by atoms with Gasteiger partial charge in [0.15, 0.2) is 0 Å². The predicted octanol–water partition coefficient (Wildman–Crippen LogP) is 4.89. The van der Waals surface area contributed by atoms with E-state index in [2.05, 4.69) is 10.2 Å². The summed E-state index contributed by atoms with van der Waals surface area (Å²) in [7, 11) is 0. The van der Waals surface area contributed by atoms with E-state index in [1.807, 2.05) is 49.4 Å². The molecule has 1 N–H and O–H groups in total. The third-order valence-corrected chi connectivity index (χ3v) is 4.52. The quantitative estimate of drug-likeness (QED) is 0.870. The van der Waals surface area contributed by atoms with Crippen molar-refractivity contribution in [1.82, 2.24) is 0 Å². The number of hydrogen-bond donors (Lipinski definition) is 1. The van der Waals surface area contributed by atoms with Crippen LogP contribution in [-0.4, -0.2) is 19.0 Å². The van der Waals surface area contributed by atoms with Gasteiger partial charge in [-0.25, -0.2) is 0 Å². The number of rotatable bonds is 3. The molecule has 1 saturated heterocycles. The first-order valence-corrected chi connectivity index (χ1v) is 8.44. The highest BCUT2D eigenvalue weighted by molar-refractivity contribution is 6.33. The predicted molar refractivity (Wildman–Crippen MR) is 96.6 cm³/mol. The third-order valence-electron chi connectivity index (χ3n) is 4.22. The standard InChI is InChI=1S/C19H21ClN2O/c1-14-5-7-15(8-6-14)19(23)21-16-9-10-18(17(20)13-16)22-11-3-2-4-12-22/h5-10,13H,2-4,11-12H2,1H3,(H,21,23). The van der Waals surface area contributed by atoms with Crippen LogP contribution in [-0.2, 0) is 0 Å². The summed E-state index contributed by atoms with van der Waals surface area (Å²) < 4.78 is 0. The van der Waals surface area contributed by atoms with Gasteiger partial charge in [0.1, 0.15) is 0 Å². The first kappa shape index (κ1) is 15.9. The zero-order chi connectivity index (χ0) is 16.2. The second kappa shape index (κ2) is 7.05. The zero-order valence-electron chi connectivity index (χ0n) is 13.3. The molecule has 2 aromatic carbocycles. The van der Waals surface area contributed by atoms with Crippen molar-refractivity contribution >= 4 is 28.9 Å². The van der Waals surface area contributed by atoms with E-state index in [1.54, 1.807) is 0 Å². The van der Waals surface area contributed by atoms with Crippen LogP contribution in [0, 0.1) is 6.92 Å². The van der Waals surface area contributed by atoms with Crippen LogP contribution in [0.2, 0.25) is 5.02 Å². The minimum atomic E-state index is -0.119. The molecule has 0 aliphatic carbocycles. The van der Waals surface area contributed by atoms with Crippen LogP contribution in [0.25, 0.3) is 0 Å². The molecule has 1 aliphatic rings. The molecular formula is C19H21ClN2O. The summed E-state index contributed by atoms with van der Waals surface area (Å²) in [5, 5.41) is 3.60. The average Bonchev–Trinajstić information content (AvgIpc) is 2.56. The molecule has 1 aliphatic heterocycles. The second-order valence-electron chi connectivity index (χ2n) is 6.03. The molecule has 120 valence electrons. The minimum Gasteiger partial charge on any atom is -0.370 e. The molecule has 0 bridgehead atoms. The smallest absolute Gasteiger partial charge is 0.255 e. The Kier molecular flexibility index (Phi) is 4.87. The molecule has 3 nitrogen and oxygen atoms in total. The Morgan fingerprint density at radius 2 is 1.74 bits per heavy atom. The fourth-order valence-electron chi connectivity index (χ4n) is 2.88. The third kappa shape index (κ3) is 3.85. The van der Waals surface area contributed by atoms with Crippen LogP contribution < -0.4 is 10.2 Å². The maximum Gasteiger partial charge on any atom is 0.255 e. The maximum absolute atomic E-state index is 12.3. The van der Waals surface area contributed by atoms with Crippen molar-refractivity contribution < 1.29 is 4.79 Å². The Labute approximate surface area is 142 Å². The van der Waals surface area contributed by atoms with Gasteiger partial charge in [-0.2, -0.15) is 0 Å². The Morgan fingerprint density at radius 3 is 2.39 bits per heavy atom. The van der Waals surface area contributed by atoms with Crippen molar-refractivity contribution in [2.45, 2.75) is 26.2 Å². The van der Waals surface area contributed by atoms with E-state index in [1.165, 1.54) is 19.3 Å². The molecule has 0 atom stereocenters. The number of carbonyl (C=O) groups excluding carboxylic acids is 1. The topological polar surface area (TPSA) is 32.3 Å². The van der Waals surface area contributed by atoms with Crippen LogP contribution >= 0.6 is 11.6 Å². The Morgan fingerprint density at radius 1 is 1.04 bits per heavy atom. The van der Waals surface area contributed by atoms with Crippen molar-refractivity contribution in [2.24, 2.45) is 0 Å². The van der Waals surface area contributed by atoms with Crippen molar-refractivity contribution in [2.75, 3.05) is 23.3 Å². The van der Waals surface area contributed by atoms with Gasteiger partial charge < -0.3 is 10.2 Å². The van der Waals surface area contributed by atoms with Gasteiger partial charge in [-0.15, -0.1) is 0 Å².